The Morgan fingerprint density at radius 3 is 2.11 bits per heavy atom. The summed E-state index contributed by atoms with van der Waals surface area (Å²) in [5.74, 6) is -4.58. The minimum Gasteiger partial charge on any atom is -0.377 e. The predicted octanol–water partition coefficient (Wildman–Crippen LogP) is 2.67. The summed E-state index contributed by atoms with van der Waals surface area (Å²) in [5.41, 5.74) is 0.156. The van der Waals surface area contributed by atoms with Gasteiger partial charge in [-0.05, 0) is 13.8 Å². The van der Waals surface area contributed by atoms with E-state index in [0.29, 0.717) is 13.2 Å². The van der Waals surface area contributed by atoms with Crippen LogP contribution in [-0.4, -0.2) is 25.0 Å². The molecule has 6 heteroatoms. The number of benzene rings is 1. The monoisotopic (exact) mass is 261 g/mol. The highest BCUT2D eigenvalue weighted by molar-refractivity contribution is 5.45. The maximum atomic E-state index is 13.0. The zero-order valence-electron chi connectivity index (χ0n) is 10.1. The lowest BCUT2D eigenvalue weighted by Gasteiger charge is -2.35. The van der Waals surface area contributed by atoms with Crippen LogP contribution in [0.2, 0.25) is 0 Å². The van der Waals surface area contributed by atoms with Gasteiger partial charge < -0.3 is 14.8 Å². The third-order valence-electron chi connectivity index (χ3n) is 2.62. The van der Waals surface area contributed by atoms with Crippen LogP contribution in [0.1, 0.15) is 13.8 Å². The van der Waals surface area contributed by atoms with Gasteiger partial charge in [0.25, 0.3) is 0 Å². The Morgan fingerprint density at radius 1 is 1.11 bits per heavy atom. The number of rotatable bonds is 2. The van der Waals surface area contributed by atoms with E-state index in [-0.39, 0.29) is 11.7 Å². The SMILES string of the molecule is CC1(C)OCC(Nc2cc(F)c(F)c(F)c2)CO1. The van der Waals surface area contributed by atoms with Gasteiger partial charge in [-0.15, -0.1) is 0 Å². The molecule has 1 saturated heterocycles. The van der Waals surface area contributed by atoms with Crippen LogP contribution in [0.4, 0.5) is 18.9 Å². The molecule has 0 amide bonds. The number of nitrogens with one attached hydrogen (secondary N) is 1. The Morgan fingerprint density at radius 2 is 1.61 bits per heavy atom. The molecule has 1 aromatic rings. The predicted molar refractivity (Wildman–Crippen MR) is 59.7 cm³/mol. The molecule has 1 fully saturated rings. The molecule has 0 bridgehead atoms. The number of ether oxygens (including phenoxy) is 2. The lowest BCUT2D eigenvalue weighted by Crippen LogP contribution is -2.45. The first-order valence-corrected chi connectivity index (χ1v) is 5.56. The fourth-order valence-electron chi connectivity index (χ4n) is 1.65. The molecule has 1 aliphatic rings. The van der Waals surface area contributed by atoms with E-state index in [1.807, 2.05) is 0 Å². The zero-order valence-corrected chi connectivity index (χ0v) is 10.1. The second-order valence-corrected chi connectivity index (χ2v) is 4.62. The summed E-state index contributed by atoms with van der Waals surface area (Å²) in [6, 6.07) is 1.57. The fourth-order valence-corrected chi connectivity index (χ4v) is 1.65. The lowest BCUT2D eigenvalue weighted by molar-refractivity contribution is -0.247. The quantitative estimate of drug-likeness (QED) is 0.830. The van der Waals surface area contributed by atoms with E-state index in [4.69, 9.17) is 9.47 Å². The highest BCUT2D eigenvalue weighted by atomic mass is 19.2. The molecule has 18 heavy (non-hydrogen) atoms. The molecule has 0 atom stereocenters. The molecule has 0 unspecified atom stereocenters. The molecule has 1 aromatic carbocycles. The second kappa shape index (κ2) is 4.78. The molecule has 0 radical (unpaired) electrons. The molecule has 3 nitrogen and oxygen atoms in total. The average molecular weight is 261 g/mol. The highest BCUT2D eigenvalue weighted by Gasteiger charge is 2.28. The molecule has 1 heterocycles. The van der Waals surface area contributed by atoms with Gasteiger partial charge in [0.15, 0.2) is 23.2 Å². The Balaban J connectivity index is 2.03. The number of anilines is 1. The van der Waals surface area contributed by atoms with E-state index in [2.05, 4.69) is 5.32 Å². The van der Waals surface area contributed by atoms with Crippen LogP contribution < -0.4 is 5.32 Å². The van der Waals surface area contributed by atoms with E-state index >= 15 is 0 Å². The van der Waals surface area contributed by atoms with Crippen LogP contribution in [-0.2, 0) is 9.47 Å². The average Bonchev–Trinajstić information content (AvgIpc) is 2.29. The topological polar surface area (TPSA) is 30.5 Å². The van der Waals surface area contributed by atoms with Crippen molar-refractivity contribution in [3.05, 3.63) is 29.6 Å². The minimum absolute atomic E-state index is 0.156. The third-order valence-corrected chi connectivity index (χ3v) is 2.62. The molecule has 0 aliphatic carbocycles. The van der Waals surface area contributed by atoms with E-state index in [1.165, 1.54) is 0 Å². The summed E-state index contributed by atoms with van der Waals surface area (Å²) in [7, 11) is 0. The molecule has 0 saturated carbocycles. The van der Waals surface area contributed by atoms with Crippen molar-refractivity contribution in [3.63, 3.8) is 0 Å². The van der Waals surface area contributed by atoms with Crippen molar-refractivity contribution in [2.24, 2.45) is 0 Å². The van der Waals surface area contributed by atoms with Gasteiger partial charge in [0.1, 0.15) is 0 Å². The third kappa shape index (κ3) is 2.94. The summed E-state index contributed by atoms with van der Waals surface area (Å²) in [6.45, 7) is 4.24. The maximum absolute atomic E-state index is 13.0. The number of halogens is 3. The van der Waals surface area contributed by atoms with Crippen molar-refractivity contribution in [1.29, 1.82) is 0 Å². The molecule has 1 aliphatic heterocycles. The van der Waals surface area contributed by atoms with Crippen molar-refractivity contribution in [1.82, 2.24) is 0 Å². The van der Waals surface area contributed by atoms with Gasteiger partial charge in [0, 0.05) is 17.8 Å². The Kier molecular flexibility index (Phi) is 3.49. The zero-order chi connectivity index (χ0) is 13.3. The van der Waals surface area contributed by atoms with Crippen molar-refractivity contribution < 1.29 is 22.6 Å². The molecular weight excluding hydrogens is 247 g/mol. The molecule has 100 valence electrons. The van der Waals surface area contributed by atoms with Crippen LogP contribution in [0.5, 0.6) is 0 Å². The van der Waals surface area contributed by atoms with Gasteiger partial charge in [-0.3, -0.25) is 0 Å². The van der Waals surface area contributed by atoms with Gasteiger partial charge in [-0.2, -0.15) is 0 Å². The first-order valence-electron chi connectivity index (χ1n) is 5.56. The summed E-state index contributed by atoms with van der Waals surface area (Å²) in [4.78, 5) is 0. The Hall–Kier alpha value is -1.27. The van der Waals surface area contributed by atoms with Crippen LogP contribution in [0.15, 0.2) is 12.1 Å². The second-order valence-electron chi connectivity index (χ2n) is 4.62. The van der Waals surface area contributed by atoms with Gasteiger partial charge in [0.05, 0.1) is 19.3 Å². The Labute approximate surface area is 103 Å². The molecule has 1 N–H and O–H groups in total. The first-order chi connectivity index (χ1) is 8.37. The largest absolute Gasteiger partial charge is 0.377 e. The van der Waals surface area contributed by atoms with Crippen molar-refractivity contribution >= 4 is 5.69 Å². The summed E-state index contributed by atoms with van der Waals surface area (Å²) in [5, 5.41) is 2.83. The van der Waals surface area contributed by atoms with E-state index < -0.39 is 23.2 Å². The number of hydrogen-bond acceptors (Lipinski definition) is 3. The van der Waals surface area contributed by atoms with Crippen molar-refractivity contribution in [2.75, 3.05) is 18.5 Å². The van der Waals surface area contributed by atoms with Crippen LogP contribution in [0.25, 0.3) is 0 Å². The summed E-state index contributed by atoms with van der Waals surface area (Å²) >= 11 is 0. The fraction of sp³-hybridized carbons (Fsp3) is 0.500. The first kappa shape index (κ1) is 13.2. The van der Waals surface area contributed by atoms with Gasteiger partial charge in [0.2, 0.25) is 0 Å². The van der Waals surface area contributed by atoms with E-state index in [1.54, 1.807) is 13.8 Å². The summed E-state index contributed by atoms with van der Waals surface area (Å²) in [6.07, 6.45) is 0. The smallest absolute Gasteiger partial charge is 0.194 e. The number of hydrogen-bond donors (Lipinski definition) is 1. The lowest BCUT2D eigenvalue weighted by atomic mass is 10.2. The molecular formula is C12H14F3NO2. The van der Waals surface area contributed by atoms with Gasteiger partial charge in [-0.1, -0.05) is 0 Å². The van der Waals surface area contributed by atoms with Crippen LogP contribution in [0, 0.1) is 17.5 Å². The standard InChI is InChI=1S/C12H14F3NO2/c1-12(2)17-5-8(6-18-12)16-7-3-9(13)11(15)10(14)4-7/h3-4,8,16H,5-6H2,1-2H3. The molecule has 0 spiro atoms. The highest BCUT2D eigenvalue weighted by Crippen LogP contribution is 2.22. The normalized spacial score (nSPS) is 19.8. The molecule has 0 aromatic heterocycles. The van der Waals surface area contributed by atoms with E-state index in [0.717, 1.165) is 12.1 Å². The van der Waals surface area contributed by atoms with Gasteiger partial charge in [-0.25, -0.2) is 13.2 Å². The Bertz CT molecular complexity index is 418. The minimum atomic E-state index is -1.47. The summed E-state index contributed by atoms with van der Waals surface area (Å²) < 4.78 is 49.5. The maximum Gasteiger partial charge on any atom is 0.194 e. The van der Waals surface area contributed by atoms with Crippen LogP contribution in [0.3, 0.4) is 0 Å². The van der Waals surface area contributed by atoms with Gasteiger partial charge >= 0.3 is 0 Å². The van der Waals surface area contributed by atoms with Crippen molar-refractivity contribution in [3.8, 4) is 0 Å². The molecule has 2 rings (SSSR count). The van der Waals surface area contributed by atoms with Crippen LogP contribution >= 0.6 is 0 Å². The van der Waals surface area contributed by atoms with Crippen molar-refractivity contribution in [2.45, 2.75) is 25.7 Å². The van der Waals surface area contributed by atoms with E-state index in [9.17, 15) is 13.2 Å².